The molecule has 3 aromatic carbocycles. The number of alkyl halides is 6. The number of anilines is 2. The van der Waals surface area contributed by atoms with E-state index in [0.29, 0.717) is 29.7 Å². The van der Waals surface area contributed by atoms with Crippen molar-refractivity contribution in [2.45, 2.75) is 25.2 Å². The Balaban J connectivity index is 1.54. The van der Waals surface area contributed by atoms with Gasteiger partial charge in [-0.25, -0.2) is 4.39 Å². The third-order valence-corrected chi connectivity index (χ3v) is 5.98. The highest BCUT2D eigenvalue weighted by atomic mass is 19.4. The fourth-order valence-corrected chi connectivity index (χ4v) is 4.10. The molecule has 0 unspecified atom stereocenters. The van der Waals surface area contributed by atoms with Gasteiger partial charge in [0.05, 0.1) is 22.5 Å². The van der Waals surface area contributed by atoms with E-state index in [1.165, 1.54) is 24.3 Å². The topological polar surface area (TPSA) is 72.2 Å². The van der Waals surface area contributed by atoms with Crippen molar-refractivity contribution in [2.24, 2.45) is 0 Å². The summed E-state index contributed by atoms with van der Waals surface area (Å²) in [6, 6.07) is 9.37. The summed E-state index contributed by atoms with van der Waals surface area (Å²) in [5.74, 6) is -1.60. The van der Waals surface area contributed by atoms with Crippen molar-refractivity contribution in [1.29, 1.82) is 0 Å². The van der Waals surface area contributed by atoms with Gasteiger partial charge in [0.1, 0.15) is 5.82 Å². The van der Waals surface area contributed by atoms with Gasteiger partial charge in [0, 0.05) is 17.2 Å². The predicted molar refractivity (Wildman–Crippen MR) is 132 cm³/mol. The van der Waals surface area contributed by atoms with E-state index in [2.05, 4.69) is 5.32 Å². The molecule has 1 amide bonds. The molecule has 3 aromatic rings. The molecule has 4 nitrogen and oxygen atoms in total. The van der Waals surface area contributed by atoms with Crippen LogP contribution in [0.4, 0.5) is 42.1 Å². The van der Waals surface area contributed by atoms with Crippen LogP contribution in [0.1, 0.15) is 44.6 Å². The van der Waals surface area contributed by atoms with E-state index in [1.807, 2.05) is 0 Å². The SMILES string of the molecule is Nc1cc(F)ccc1NC(=O)/C=C/c1ccc2c(c1)CC/C(=C\c1cc(C(F)(F)F)cc(C(F)(F)F)c1)C2=O. The molecule has 0 fully saturated rings. The Morgan fingerprint density at radius 1 is 0.846 bits per heavy atom. The molecule has 0 aliphatic heterocycles. The molecule has 1 aliphatic carbocycles. The van der Waals surface area contributed by atoms with Crippen LogP contribution in [0, 0.1) is 5.82 Å². The van der Waals surface area contributed by atoms with Crippen molar-refractivity contribution in [3.05, 3.63) is 105 Å². The van der Waals surface area contributed by atoms with Crippen molar-refractivity contribution >= 4 is 35.2 Å². The second-order valence-electron chi connectivity index (χ2n) is 8.81. The molecule has 11 heteroatoms. The van der Waals surface area contributed by atoms with Gasteiger partial charge in [-0.3, -0.25) is 9.59 Å². The number of allylic oxidation sites excluding steroid dienone is 1. The lowest BCUT2D eigenvalue weighted by Crippen LogP contribution is -2.15. The summed E-state index contributed by atoms with van der Waals surface area (Å²) < 4.78 is 92.2. The molecule has 39 heavy (non-hydrogen) atoms. The number of ketones is 1. The number of carbonyl (C=O) groups is 2. The van der Waals surface area contributed by atoms with Crippen LogP contribution < -0.4 is 11.1 Å². The highest BCUT2D eigenvalue weighted by Crippen LogP contribution is 2.37. The lowest BCUT2D eigenvalue weighted by Gasteiger charge is -2.19. The van der Waals surface area contributed by atoms with Crippen LogP contribution in [0.2, 0.25) is 0 Å². The minimum absolute atomic E-state index is 0.0317. The molecule has 0 saturated carbocycles. The first-order chi connectivity index (χ1) is 18.2. The molecule has 0 aromatic heterocycles. The van der Waals surface area contributed by atoms with Gasteiger partial charge < -0.3 is 11.1 Å². The minimum Gasteiger partial charge on any atom is -0.397 e. The van der Waals surface area contributed by atoms with Crippen LogP contribution in [0.15, 0.2) is 66.2 Å². The summed E-state index contributed by atoms with van der Waals surface area (Å²) in [6.07, 6.45) is -5.85. The Morgan fingerprint density at radius 3 is 2.13 bits per heavy atom. The van der Waals surface area contributed by atoms with Crippen molar-refractivity contribution in [1.82, 2.24) is 0 Å². The molecule has 0 heterocycles. The molecule has 3 N–H and O–H groups in total. The Morgan fingerprint density at radius 2 is 1.51 bits per heavy atom. The number of hydrogen-bond donors (Lipinski definition) is 2. The van der Waals surface area contributed by atoms with Crippen LogP contribution in [-0.2, 0) is 23.6 Å². The normalized spacial score (nSPS) is 15.1. The van der Waals surface area contributed by atoms with Crippen molar-refractivity contribution in [2.75, 3.05) is 11.1 Å². The average Bonchev–Trinajstić information content (AvgIpc) is 2.85. The standard InChI is InChI=1S/C28H19F7N2O2/c29-21-5-7-24(23(36)14-21)37-25(38)8-2-15-1-6-22-17(9-15)3-4-18(26(22)39)10-16-11-19(27(30,31)32)13-20(12-16)28(33,34)35/h1-2,5-14H,3-4,36H2,(H,37,38)/b8-2+,18-10+. The fourth-order valence-electron chi connectivity index (χ4n) is 4.10. The minimum atomic E-state index is -5.00. The summed E-state index contributed by atoms with van der Waals surface area (Å²) in [7, 11) is 0. The molecular formula is C28H19F7N2O2. The zero-order chi connectivity index (χ0) is 28.5. The molecular weight excluding hydrogens is 529 g/mol. The number of amides is 1. The first-order valence-electron chi connectivity index (χ1n) is 11.4. The monoisotopic (exact) mass is 548 g/mol. The van der Waals surface area contributed by atoms with Gasteiger partial charge in [0.2, 0.25) is 5.91 Å². The van der Waals surface area contributed by atoms with Crippen molar-refractivity contribution in [3.63, 3.8) is 0 Å². The van der Waals surface area contributed by atoms with E-state index in [1.54, 1.807) is 12.1 Å². The third kappa shape index (κ3) is 6.54. The molecule has 0 radical (unpaired) electrons. The largest absolute Gasteiger partial charge is 0.416 e. The van der Waals surface area contributed by atoms with Crippen LogP contribution in [-0.4, -0.2) is 11.7 Å². The van der Waals surface area contributed by atoms with Gasteiger partial charge in [0.15, 0.2) is 5.78 Å². The number of Topliss-reactive ketones (excluding diaryl/α,β-unsaturated/α-hetero) is 1. The number of rotatable bonds is 4. The second kappa shape index (κ2) is 10.4. The van der Waals surface area contributed by atoms with Gasteiger partial charge in [-0.15, -0.1) is 0 Å². The number of carbonyl (C=O) groups excluding carboxylic acids is 2. The van der Waals surface area contributed by atoms with E-state index in [9.17, 15) is 40.3 Å². The quantitative estimate of drug-likeness (QED) is 0.204. The van der Waals surface area contributed by atoms with Crippen LogP contribution in [0.25, 0.3) is 12.2 Å². The highest BCUT2D eigenvalue weighted by Gasteiger charge is 2.37. The first-order valence-corrected chi connectivity index (χ1v) is 11.4. The van der Waals surface area contributed by atoms with E-state index >= 15 is 0 Å². The van der Waals surface area contributed by atoms with E-state index in [0.717, 1.165) is 18.2 Å². The third-order valence-electron chi connectivity index (χ3n) is 5.98. The molecule has 0 spiro atoms. The molecule has 0 saturated heterocycles. The van der Waals surface area contributed by atoms with Crippen molar-refractivity contribution in [3.8, 4) is 0 Å². The zero-order valence-electron chi connectivity index (χ0n) is 19.9. The van der Waals surface area contributed by atoms with Crippen LogP contribution in [0.5, 0.6) is 0 Å². The fraction of sp³-hybridized carbons (Fsp3) is 0.143. The Labute approximate surface area is 217 Å². The first kappa shape index (κ1) is 27.6. The van der Waals surface area contributed by atoms with Gasteiger partial charge in [-0.2, -0.15) is 26.3 Å². The predicted octanol–water partition coefficient (Wildman–Crippen LogP) is 7.31. The zero-order valence-corrected chi connectivity index (χ0v) is 19.9. The van der Waals surface area contributed by atoms with E-state index in [-0.39, 0.29) is 40.6 Å². The maximum Gasteiger partial charge on any atom is 0.416 e. The molecule has 4 rings (SSSR count). The van der Waals surface area contributed by atoms with Gasteiger partial charge in [-0.05, 0) is 78.1 Å². The maximum absolute atomic E-state index is 13.2. The van der Waals surface area contributed by atoms with E-state index in [4.69, 9.17) is 5.73 Å². The number of fused-ring (bicyclic) bond motifs is 1. The lowest BCUT2D eigenvalue weighted by atomic mass is 9.85. The number of nitrogens with one attached hydrogen (secondary N) is 1. The highest BCUT2D eigenvalue weighted by molar-refractivity contribution is 6.13. The van der Waals surface area contributed by atoms with Gasteiger partial charge in [-0.1, -0.05) is 18.2 Å². The maximum atomic E-state index is 13.2. The van der Waals surface area contributed by atoms with Gasteiger partial charge >= 0.3 is 12.4 Å². The summed E-state index contributed by atoms with van der Waals surface area (Å²) >= 11 is 0. The summed E-state index contributed by atoms with van der Waals surface area (Å²) in [4.78, 5) is 25.2. The number of halogens is 7. The number of nitrogen functional groups attached to an aromatic ring is 1. The Bertz CT molecular complexity index is 1490. The van der Waals surface area contributed by atoms with Crippen LogP contribution in [0.3, 0.4) is 0 Å². The Hall–Kier alpha value is -4.41. The summed E-state index contributed by atoms with van der Waals surface area (Å²) in [5, 5.41) is 2.51. The number of benzene rings is 3. The number of nitrogens with two attached hydrogens (primary N) is 1. The van der Waals surface area contributed by atoms with Crippen LogP contribution >= 0.6 is 0 Å². The van der Waals surface area contributed by atoms with Crippen molar-refractivity contribution < 1.29 is 40.3 Å². The Kier molecular flexibility index (Phi) is 7.36. The average molecular weight is 548 g/mol. The molecule has 1 aliphatic rings. The number of hydrogen-bond acceptors (Lipinski definition) is 3. The summed E-state index contributed by atoms with van der Waals surface area (Å²) in [5.41, 5.74) is 4.16. The number of aryl methyl sites for hydroxylation is 1. The van der Waals surface area contributed by atoms with Gasteiger partial charge in [0.25, 0.3) is 0 Å². The summed E-state index contributed by atoms with van der Waals surface area (Å²) in [6.45, 7) is 0. The second-order valence-corrected chi connectivity index (χ2v) is 8.81. The van der Waals surface area contributed by atoms with E-state index < -0.39 is 41.0 Å². The molecule has 0 atom stereocenters. The lowest BCUT2D eigenvalue weighted by molar-refractivity contribution is -0.143. The molecule has 0 bridgehead atoms. The molecule has 202 valence electrons. The smallest absolute Gasteiger partial charge is 0.397 e.